The molecule has 0 spiro atoms. The summed E-state index contributed by atoms with van der Waals surface area (Å²) in [5.41, 5.74) is 4.26. The van der Waals surface area contributed by atoms with Crippen LogP contribution in [0.5, 0.6) is 0 Å². The Balaban J connectivity index is 1.47. The van der Waals surface area contributed by atoms with Gasteiger partial charge in [-0.2, -0.15) is 5.10 Å². The largest absolute Gasteiger partial charge is 0.272 e. The molecule has 0 radical (unpaired) electrons. The van der Waals surface area contributed by atoms with Crippen molar-refractivity contribution in [3.63, 3.8) is 0 Å². The molecule has 2 aromatic carbocycles. The van der Waals surface area contributed by atoms with Crippen LogP contribution in [0.25, 0.3) is 17.1 Å². The number of hydrogen-bond acceptors (Lipinski definition) is 8. The minimum Gasteiger partial charge on any atom is -0.272 e. The van der Waals surface area contributed by atoms with Crippen LogP contribution in [0.2, 0.25) is 5.02 Å². The zero-order valence-electron chi connectivity index (χ0n) is 17.4. The second-order valence-corrected chi connectivity index (χ2v) is 8.11. The summed E-state index contributed by atoms with van der Waals surface area (Å²) in [4.78, 5) is 26.8. The molecule has 0 saturated carbocycles. The van der Waals surface area contributed by atoms with Gasteiger partial charge in [-0.05, 0) is 30.3 Å². The standard InChI is InChI=1S/C22H16ClN7O3S/c23-19-7-6-18(30(32)33)12-16(19)13-25-26-20(31)14-34-22-28-27-21(15-8-10-24-11-9-15)29(22)17-4-2-1-3-5-17/h1-13H,14H2,(H,26,31)/b25-13+. The number of nitrogens with zero attached hydrogens (tertiary/aromatic N) is 6. The van der Waals surface area contributed by atoms with Crippen LogP contribution in [0, 0.1) is 10.1 Å². The highest BCUT2D eigenvalue weighted by Gasteiger charge is 2.17. The number of carbonyl (C=O) groups excluding carboxylic acids is 1. The maximum atomic E-state index is 12.3. The molecule has 4 aromatic rings. The number of nitrogens with one attached hydrogen (secondary N) is 1. The van der Waals surface area contributed by atoms with Crippen molar-refractivity contribution in [1.82, 2.24) is 25.2 Å². The number of amides is 1. The Morgan fingerprint density at radius 2 is 1.91 bits per heavy atom. The van der Waals surface area contributed by atoms with E-state index in [1.165, 1.54) is 36.2 Å². The fourth-order valence-electron chi connectivity index (χ4n) is 2.94. The highest BCUT2D eigenvalue weighted by Crippen LogP contribution is 2.27. The molecular formula is C22H16ClN7O3S. The second kappa shape index (κ2) is 10.7. The number of carbonyl (C=O) groups is 1. The predicted molar refractivity (Wildman–Crippen MR) is 129 cm³/mol. The third-order valence-electron chi connectivity index (χ3n) is 4.50. The fourth-order valence-corrected chi connectivity index (χ4v) is 3.85. The van der Waals surface area contributed by atoms with Crippen molar-refractivity contribution >= 4 is 41.2 Å². The maximum absolute atomic E-state index is 12.3. The summed E-state index contributed by atoms with van der Waals surface area (Å²) < 4.78 is 1.86. The predicted octanol–water partition coefficient (Wildman–Crippen LogP) is 4.13. The Bertz CT molecular complexity index is 1350. The molecule has 10 nitrogen and oxygen atoms in total. The second-order valence-electron chi connectivity index (χ2n) is 6.76. The van der Waals surface area contributed by atoms with E-state index in [0.29, 0.717) is 16.5 Å². The average Bonchev–Trinajstić information content (AvgIpc) is 3.29. The van der Waals surface area contributed by atoms with Gasteiger partial charge in [-0.3, -0.25) is 24.5 Å². The number of benzene rings is 2. The zero-order valence-corrected chi connectivity index (χ0v) is 19.0. The van der Waals surface area contributed by atoms with Crippen LogP contribution in [0.1, 0.15) is 5.56 Å². The molecule has 0 fully saturated rings. The van der Waals surface area contributed by atoms with E-state index in [9.17, 15) is 14.9 Å². The van der Waals surface area contributed by atoms with Crippen LogP contribution in [-0.2, 0) is 4.79 Å². The van der Waals surface area contributed by atoms with E-state index < -0.39 is 10.8 Å². The first-order valence-corrected chi connectivity index (χ1v) is 11.2. The molecule has 0 saturated heterocycles. The Morgan fingerprint density at radius 1 is 1.15 bits per heavy atom. The molecular weight excluding hydrogens is 478 g/mol. The highest BCUT2D eigenvalue weighted by atomic mass is 35.5. The zero-order chi connectivity index (χ0) is 23.9. The minimum atomic E-state index is -0.536. The molecule has 34 heavy (non-hydrogen) atoms. The van der Waals surface area contributed by atoms with Gasteiger partial charge in [0.05, 0.1) is 16.9 Å². The first kappa shape index (κ1) is 23.1. The van der Waals surface area contributed by atoms with Crippen LogP contribution < -0.4 is 5.43 Å². The molecule has 12 heteroatoms. The van der Waals surface area contributed by atoms with E-state index in [4.69, 9.17) is 11.6 Å². The Labute approximate surface area is 202 Å². The Kier molecular flexibility index (Phi) is 7.25. The molecule has 2 aromatic heterocycles. The lowest BCUT2D eigenvalue weighted by atomic mass is 10.2. The third kappa shape index (κ3) is 5.45. The lowest BCUT2D eigenvalue weighted by Gasteiger charge is -2.10. The topological polar surface area (TPSA) is 128 Å². The van der Waals surface area contributed by atoms with Crippen LogP contribution in [0.3, 0.4) is 0 Å². The first-order chi connectivity index (χ1) is 16.5. The quantitative estimate of drug-likeness (QED) is 0.169. The smallest absolute Gasteiger partial charge is 0.270 e. The summed E-state index contributed by atoms with van der Waals surface area (Å²) >= 11 is 7.23. The fraction of sp³-hybridized carbons (Fsp3) is 0.0455. The van der Waals surface area contributed by atoms with Crippen molar-refractivity contribution in [3.8, 4) is 17.1 Å². The van der Waals surface area contributed by atoms with Crippen molar-refractivity contribution in [2.45, 2.75) is 5.16 Å². The number of pyridine rings is 1. The molecule has 170 valence electrons. The van der Waals surface area contributed by atoms with Gasteiger partial charge in [-0.25, -0.2) is 5.43 Å². The van der Waals surface area contributed by atoms with E-state index in [1.54, 1.807) is 12.4 Å². The number of nitro benzene ring substituents is 1. The summed E-state index contributed by atoms with van der Waals surface area (Å²) in [5, 5.41) is 24.1. The molecule has 4 rings (SSSR count). The van der Waals surface area contributed by atoms with E-state index in [0.717, 1.165) is 11.3 Å². The molecule has 0 aliphatic carbocycles. The molecule has 0 aliphatic heterocycles. The van der Waals surface area contributed by atoms with E-state index in [-0.39, 0.29) is 16.5 Å². The summed E-state index contributed by atoms with van der Waals surface area (Å²) in [6, 6.07) is 17.2. The third-order valence-corrected chi connectivity index (χ3v) is 5.78. The molecule has 2 heterocycles. The van der Waals surface area contributed by atoms with Crippen LogP contribution in [-0.4, -0.2) is 42.5 Å². The van der Waals surface area contributed by atoms with Gasteiger partial charge in [0.25, 0.3) is 11.6 Å². The van der Waals surface area contributed by atoms with Crippen molar-refractivity contribution in [1.29, 1.82) is 0 Å². The molecule has 1 amide bonds. The molecule has 0 aliphatic rings. The lowest BCUT2D eigenvalue weighted by molar-refractivity contribution is -0.384. The maximum Gasteiger partial charge on any atom is 0.270 e. The molecule has 0 unspecified atom stereocenters. The SMILES string of the molecule is O=C(CSc1nnc(-c2ccncc2)n1-c1ccccc1)N/N=C/c1cc([N+](=O)[O-])ccc1Cl. The molecule has 0 bridgehead atoms. The van der Waals surface area contributed by atoms with Gasteiger partial charge in [0.2, 0.25) is 0 Å². The van der Waals surface area contributed by atoms with Gasteiger partial charge in [0.15, 0.2) is 11.0 Å². The molecule has 1 N–H and O–H groups in total. The van der Waals surface area contributed by atoms with Crippen LogP contribution in [0.4, 0.5) is 5.69 Å². The van der Waals surface area contributed by atoms with Crippen molar-refractivity contribution in [3.05, 3.63) is 93.8 Å². The monoisotopic (exact) mass is 493 g/mol. The normalized spacial score (nSPS) is 11.0. The van der Waals surface area contributed by atoms with Crippen molar-refractivity contribution in [2.75, 3.05) is 5.75 Å². The van der Waals surface area contributed by atoms with Crippen molar-refractivity contribution < 1.29 is 9.72 Å². The first-order valence-electron chi connectivity index (χ1n) is 9.83. The number of hydrogen-bond donors (Lipinski definition) is 1. The number of non-ortho nitro benzene ring substituents is 1. The number of para-hydroxylation sites is 1. The number of thioether (sulfide) groups is 1. The number of nitro groups is 1. The summed E-state index contributed by atoms with van der Waals surface area (Å²) in [7, 11) is 0. The Morgan fingerprint density at radius 3 is 2.65 bits per heavy atom. The van der Waals surface area contributed by atoms with E-state index >= 15 is 0 Å². The number of halogens is 1. The summed E-state index contributed by atoms with van der Waals surface area (Å²) in [6.07, 6.45) is 4.60. The highest BCUT2D eigenvalue weighted by molar-refractivity contribution is 7.99. The van der Waals surface area contributed by atoms with Gasteiger partial charge >= 0.3 is 0 Å². The molecule has 0 atom stereocenters. The number of aromatic nitrogens is 4. The van der Waals surface area contributed by atoms with Gasteiger partial charge < -0.3 is 0 Å². The van der Waals surface area contributed by atoms with E-state index in [1.807, 2.05) is 47.0 Å². The number of hydrazone groups is 1. The average molecular weight is 494 g/mol. The van der Waals surface area contributed by atoms with Gasteiger partial charge in [0, 0.05) is 46.4 Å². The van der Waals surface area contributed by atoms with Crippen molar-refractivity contribution in [2.24, 2.45) is 5.10 Å². The minimum absolute atomic E-state index is 0.0152. The van der Waals surface area contributed by atoms with E-state index in [2.05, 4.69) is 25.7 Å². The summed E-state index contributed by atoms with van der Waals surface area (Å²) in [6.45, 7) is 0. The van der Waals surface area contributed by atoms with Crippen LogP contribution in [0.15, 0.2) is 83.3 Å². The van der Waals surface area contributed by atoms with Gasteiger partial charge in [-0.15, -0.1) is 10.2 Å². The Hall–Kier alpha value is -4.09. The lowest BCUT2D eigenvalue weighted by Crippen LogP contribution is -2.20. The van der Waals surface area contributed by atoms with Gasteiger partial charge in [0.1, 0.15) is 0 Å². The van der Waals surface area contributed by atoms with Gasteiger partial charge in [-0.1, -0.05) is 41.6 Å². The number of rotatable bonds is 8. The summed E-state index contributed by atoms with van der Waals surface area (Å²) in [5.74, 6) is 0.243. The van der Waals surface area contributed by atoms with Crippen LogP contribution >= 0.6 is 23.4 Å².